The summed E-state index contributed by atoms with van der Waals surface area (Å²) in [7, 11) is 0. The van der Waals surface area contributed by atoms with E-state index in [2.05, 4.69) is 5.32 Å². The van der Waals surface area contributed by atoms with Crippen LogP contribution in [0.2, 0.25) is 10.0 Å². The summed E-state index contributed by atoms with van der Waals surface area (Å²) < 4.78 is 5.81. The topological polar surface area (TPSA) is 64.3 Å². The minimum atomic E-state index is -0.542. The van der Waals surface area contributed by atoms with Crippen molar-refractivity contribution in [3.8, 4) is 0 Å². The predicted molar refractivity (Wildman–Crippen MR) is 86.9 cm³/mol. The number of anilines is 2. The Hall–Kier alpha value is -0.970. The van der Waals surface area contributed by atoms with E-state index >= 15 is 0 Å². The number of carbonyl (C=O) groups is 1. The number of benzene rings is 1. The van der Waals surface area contributed by atoms with E-state index < -0.39 is 6.10 Å². The second kappa shape index (κ2) is 7.34. The Labute approximate surface area is 134 Å². The van der Waals surface area contributed by atoms with Crippen molar-refractivity contribution in [1.29, 1.82) is 0 Å². The monoisotopic (exact) mass is 330 g/mol. The summed E-state index contributed by atoms with van der Waals surface area (Å²) in [6.07, 6.45) is 5.22. The van der Waals surface area contributed by atoms with Gasteiger partial charge in [-0.1, -0.05) is 42.5 Å². The number of ether oxygens (including phenoxy) is 1. The molecule has 0 aliphatic heterocycles. The van der Waals surface area contributed by atoms with Crippen molar-refractivity contribution < 1.29 is 9.53 Å². The van der Waals surface area contributed by atoms with Crippen LogP contribution >= 0.6 is 23.2 Å². The second-order valence-corrected chi connectivity index (χ2v) is 6.22. The fraction of sp³-hybridized carbons (Fsp3) is 0.533. The van der Waals surface area contributed by atoms with Crippen molar-refractivity contribution in [3.63, 3.8) is 0 Å². The summed E-state index contributed by atoms with van der Waals surface area (Å²) >= 11 is 11.9. The van der Waals surface area contributed by atoms with Crippen LogP contribution in [0, 0.1) is 0 Å². The third-order valence-electron chi connectivity index (χ3n) is 3.65. The van der Waals surface area contributed by atoms with E-state index in [1.54, 1.807) is 19.1 Å². The summed E-state index contributed by atoms with van der Waals surface area (Å²) in [6, 6.07) is 3.09. The molecule has 1 aliphatic rings. The fourth-order valence-electron chi connectivity index (χ4n) is 2.50. The third-order valence-corrected chi connectivity index (χ3v) is 4.17. The maximum absolute atomic E-state index is 12.2. The van der Waals surface area contributed by atoms with E-state index in [4.69, 9.17) is 33.7 Å². The summed E-state index contributed by atoms with van der Waals surface area (Å²) in [5, 5.41) is 3.47. The lowest BCUT2D eigenvalue weighted by Gasteiger charge is -2.25. The third kappa shape index (κ3) is 4.50. The molecule has 3 N–H and O–H groups in total. The average Bonchev–Trinajstić information content (AvgIpc) is 2.43. The predicted octanol–water partition coefficient (Wildman–Crippen LogP) is 4.25. The Balaban J connectivity index is 1.97. The number of halogens is 2. The molecule has 0 heterocycles. The normalized spacial score (nSPS) is 17.5. The van der Waals surface area contributed by atoms with Crippen LogP contribution in [-0.4, -0.2) is 18.1 Å². The van der Waals surface area contributed by atoms with Gasteiger partial charge in [0.15, 0.2) is 0 Å². The fourth-order valence-corrected chi connectivity index (χ4v) is 3.06. The number of hydrogen-bond donors (Lipinski definition) is 2. The van der Waals surface area contributed by atoms with Crippen LogP contribution < -0.4 is 11.1 Å². The molecule has 1 aromatic carbocycles. The molecule has 21 heavy (non-hydrogen) atoms. The molecule has 1 saturated carbocycles. The van der Waals surface area contributed by atoms with Gasteiger partial charge in [-0.2, -0.15) is 0 Å². The van der Waals surface area contributed by atoms with Crippen LogP contribution in [0.5, 0.6) is 0 Å². The Kier molecular flexibility index (Phi) is 5.73. The average molecular weight is 331 g/mol. The van der Waals surface area contributed by atoms with Gasteiger partial charge < -0.3 is 15.8 Å². The van der Waals surface area contributed by atoms with Gasteiger partial charge in [0.1, 0.15) is 6.10 Å². The highest BCUT2D eigenvalue weighted by atomic mass is 35.5. The molecule has 0 radical (unpaired) electrons. The van der Waals surface area contributed by atoms with Crippen LogP contribution in [0.3, 0.4) is 0 Å². The number of nitrogen functional groups attached to an aromatic ring is 1. The van der Waals surface area contributed by atoms with Gasteiger partial charge in [0, 0.05) is 5.02 Å². The minimum absolute atomic E-state index is 0.164. The number of nitrogens with two attached hydrogens (primary N) is 1. The summed E-state index contributed by atoms with van der Waals surface area (Å²) in [4.78, 5) is 12.2. The first-order chi connectivity index (χ1) is 9.97. The standard InChI is InChI=1S/C15H20Cl2N2O2/c1-9(21-11-5-3-2-4-6-11)15(20)19-14-12(17)7-10(16)8-13(14)18/h7-9,11H,2-6,18H2,1H3,(H,19,20). The molecule has 1 aromatic rings. The second-order valence-electron chi connectivity index (χ2n) is 5.38. The molecule has 4 nitrogen and oxygen atoms in total. The molecule has 1 fully saturated rings. The van der Waals surface area contributed by atoms with Crippen molar-refractivity contribution in [2.45, 2.75) is 51.2 Å². The molecular formula is C15H20Cl2N2O2. The minimum Gasteiger partial charge on any atom is -0.397 e. The van der Waals surface area contributed by atoms with E-state index in [1.165, 1.54) is 6.42 Å². The van der Waals surface area contributed by atoms with Gasteiger partial charge in [-0.05, 0) is 31.9 Å². The van der Waals surface area contributed by atoms with Crippen LogP contribution in [0.25, 0.3) is 0 Å². The lowest BCUT2D eigenvalue weighted by atomic mass is 9.97. The highest BCUT2D eigenvalue weighted by molar-refractivity contribution is 6.37. The SMILES string of the molecule is CC(OC1CCCCC1)C(=O)Nc1c(N)cc(Cl)cc1Cl. The van der Waals surface area contributed by atoms with E-state index in [0.717, 1.165) is 25.7 Å². The van der Waals surface area contributed by atoms with Gasteiger partial charge >= 0.3 is 0 Å². The van der Waals surface area contributed by atoms with Crippen LogP contribution in [-0.2, 0) is 9.53 Å². The van der Waals surface area contributed by atoms with Crippen molar-refractivity contribution in [1.82, 2.24) is 0 Å². The number of nitrogens with one attached hydrogen (secondary N) is 1. The Morgan fingerprint density at radius 3 is 2.62 bits per heavy atom. The van der Waals surface area contributed by atoms with Gasteiger partial charge in [-0.15, -0.1) is 0 Å². The van der Waals surface area contributed by atoms with Gasteiger partial charge in [0.05, 0.1) is 22.5 Å². The van der Waals surface area contributed by atoms with Gasteiger partial charge in [0.25, 0.3) is 5.91 Å². The molecule has 6 heteroatoms. The first-order valence-electron chi connectivity index (χ1n) is 7.18. The lowest BCUT2D eigenvalue weighted by molar-refractivity contribution is -0.131. The molecule has 1 unspecified atom stereocenters. The van der Waals surface area contributed by atoms with E-state index in [-0.39, 0.29) is 12.0 Å². The first kappa shape index (κ1) is 16.4. The molecule has 0 spiro atoms. The Morgan fingerprint density at radius 1 is 1.33 bits per heavy atom. The Bertz CT molecular complexity index is 493. The zero-order valence-electron chi connectivity index (χ0n) is 12.0. The summed E-state index contributed by atoms with van der Waals surface area (Å²) in [5.41, 5.74) is 6.55. The highest BCUT2D eigenvalue weighted by Gasteiger charge is 2.22. The number of hydrogen-bond acceptors (Lipinski definition) is 3. The largest absolute Gasteiger partial charge is 0.397 e. The maximum atomic E-state index is 12.2. The number of rotatable bonds is 4. The maximum Gasteiger partial charge on any atom is 0.253 e. The van der Waals surface area contributed by atoms with E-state index in [1.807, 2.05) is 0 Å². The summed E-state index contributed by atoms with van der Waals surface area (Å²) in [6.45, 7) is 1.74. The Morgan fingerprint density at radius 2 is 2.00 bits per heavy atom. The molecule has 1 aliphatic carbocycles. The van der Waals surface area contributed by atoms with Gasteiger partial charge in [-0.3, -0.25) is 4.79 Å². The molecular weight excluding hydrogens is 311 g/mol. The van der Waals surface area contributed by atoms with E-state index in [0.29, 0.717) is 21.4 Å². The number of amides is 1. The molecule has 116 valence electrons. The zero-order valence-corrected chi connectivity index (χ0v) is 13.5. The first-order valence-corrected chi connectivity index (χ1v) is 7.94. The van der Waals surface area contributed by atoms with Crippen LogP contribution in [0.1, 0.15) is 39.0 Å². The van der Waals surface area contributed by atoms with Crippen LogP contribution in [0.15, 0.2) is 12.1 Å². The zero-order chi connectivity index (χ0) is 15.4. The van der Waals surface area contributed by atoms with Crippen molar-refractivity contribution in [3.05, 3.63) is 22.2 Å². The smallest absolute Gasteiger partial charge is 0.253 e. The summed E-state index contributed by atoms with van der Waals surface area (Å²) in [5.74, 6) is -0.253. The van der Waals surface area contributed by atoms with Crippen LogP contribution in [0.4, 0.5) is 11.4 Å². The van der Waals surface area contributed by atoms with Gasteiger partial charge in [-0.25, -0.2) is 0 Å². The molecule has 1 amide bonds. The van der Waals surface area contributed by atoms with Crippen molar-refractivity contribution >= 4 is 40.5 Å². The molecule has 0 bridgehead atoms. The highest BCUT2D eigenvalue weighted by Crippen LogP contribution is 2.32. The molecule has 0 aromatic heterocycles. The molecule has 0 saturated heterocycles. The lowest BCUT2D eigenvalue weighted by Crippen LogP contribution is -2.32. The molecule has 1 atom stereocenters. The molecule has 2 rings (SSSR count). The van der Waals surface area contributed by atoms with Gasteiger partial charge in [0.2, 0.25) is 0 Å². The quantitative estimate of drug-likeness (QED) is 0.811. The van der Waals surface area contributed by atoms with Crippen molar-refractivity contribution in [2.75, 3.05) is 11.1 Å². The van der Waals surface area contributed by atoms with E-state index in [9.17, 15) is 4.79 Å². The van der Waals surface area contributed by atoms with Crippen molar-refractivity contribution in [2.24, 2.45) is 0 Å². The number of carbonyl (C=O) groups excluding carboxylic acids is 1.